The summed E-state index contributed by atoms with van der Waals surface area (Å²) in [5, 5.41) is 5.78. The van der Waals surface area contributed by atoms with E-state index in [-0.39, 0.29) is 17.7 Å². The zero-order chi connectivity index (χ0) is 11.5. The van der Waals surface area contributed by atoms with Gasteiger partial charge in [0.05, 0.1) is 6.04 Å². The molecule has 2 heterocycles. The summed E-state index contributed by atoms with van der Waals surface area (Å²) in [5.74, 6) is -0.135. The summed E-state index contributed by atoms with van der Waals surface area (Å²) < 4.78 is 14.1. The molecule has 2 aromatic rings. The van der Waals surface area contributed by atoms with E-state index < -0.39 is 0 Å². The van der Waals surface area contributed by atoms with E-state index in [9.17, 15) is 4.39 Å². The predicted octanol–water partition coefficient (Wildman–Crippen LogP) is 3.61. The number of halogens is 2. The minimum atomic E-state index is -0.377. The maximum absolute atomic E-state index is 13.5. The van der Waals surface area contributed by atoms with Gasteiger partial charge >= 0.3 is 0 Å². The highest BCUT2D eigenvalue weighted by Gasteiger charge is 2.11. The van der Waals surface area contributed by atoms with Gasteiger partial charge in [-0.25, -0.2) is 14.4 Å². The summed E-state index contributed by atoms with van der Waals surface area (Å²) in [4.78, 5) is 8.13. The van der Waals surface area contributed by atoms with E-state index in [1.54, 1.807) is 12.4 Å². The average Bonchev–Trinajstić information content (AvgIpc) is 2.75. The van der Waals surface area contributed by atoms with Crippen molar-refractivity contribution in [2.75, 3.05) is 5.32 Å². The van der Waals surface area contributed by atoms with E-state index in [4.69, 9.17) is 0 Å². The van der Waals surface area contributed by atoms with Crippen molar-refractivity contribution in [3.63, 3.8) is 0 Å². The molecule has 0 aliphatic rings. The van der Waals surface area contributed by atoms with Crippen LogP contribution in [0.5, 0.6) is 0 Å². The molecule has 84 valence electrons. The van der Waals surface area contributed by atoms with E-state index in [1.165, 1.54) is 17.4 Å². The zero-order valence-electron chi connectivity index (χ0n) is 8.45. The zero-order valence-corrected chi connectivity index (χ0v) is 10.8. The average molecular weight is 302 g/mol. The Labute approximate surface area is 105 Å². The maximum atomic E-state index is 13.5. The monoisotopic (exact) mass is 301 g/mol. The molecule has 1 atom stereocenters. The second-order valence-electron chi connectivity index (χ2n) is 3.22. The molecule has 2 rings (SSSR count). The predicted molar refractivity (Wildman–Crippen MR) is 66.0 cm³/mol. The summed E-state index contributed by atoms with van der Waals surface area (Å²) in [5.41, 5.74) is 0. The number of thiazole rings is 1. The van der Waals surface area contributed by atoms with Gasteiger partial charge in [0.2, 0.25) is 0 Å². The van der Waals surface area contributed by atoms with Gasteiger partial charge in [0.1, 0.15) is 5.01 Å². The number of rotatable bonds is 3. The number of anilines is 1. The minimum Gasteiger partial charge on any atom is -0.359 e. The Kier molecular flexibility index (Phi) is 3.50. The second-order valence-corrected chi connectivity index (χ2v) is 5.06. The Morgan fingerprint density at radius 2 is 2.31 bits per heavy atom. The first-order valence-electron chi connectivity index (χ1n) is 4.64. The molecule has 3 nitrogen and oxygen atoms in total. The number of nitrogens with zero attached hydrogens (tertiary/aromatic N) is 2. The third kappa shape index (κ3) is 2.56. The molecular weight excluding hydrogens is 293 g/mol. The Morgan fingerprint density at radius 3 is 2.94 bits per heavy atom. The fraction of sp³-hybridized carbons (Fsp3) is 0.200. The molecule has 1 unspecified atom stereocenters. The Bertz CT molecular complexity index is 475. The van der Waals surface area contributed by atoms with Gasteiger partial charge in [0.15, 0.2) is 11.6 Å². The van der Waals surface area contributed by atoms with E-state index in [1.807, 2.05) is 12.3 Å². The van der Waals surface area contributed by atoms with Crippen LogP contribution in [0.1, 0.15) is 18.0 Å². The van der Waals surface area contributed by atoms with Crippen LogP contribution in [-0.4, -0.2) is 9.97 Å². The number of nitrogens with one attached hydrogen (secondary N) is 1. The second kappa shape index (κ2) is 4.88. The van der Waals surface area contributed by atoms with Crippen molar-refractivity contribution in [3.05, 3.63) is 39.1 Å². The van der Waals surface area contributed by atoms with Crippen molar-refractivity contribution in [3.8, 4) is 0 Å². The van der Waals surface area contributed by atoms with Crippen LogP contribution in [0.15, 0.2) is 28.3 Å². The summed E-state index contributed by atoms with van der Waals surface area (Å²) in [7, 11) is 0. The first-order valence-corrected chi connectivity index (χ1v) is 6.31. The lowest BCUT2D eigenvalue weighted by Crippen LogP contribution is -2.09. The topological polar surface area (TPSA) is 37.8 Å². The molecule has 6 heteroatoms. The van der Waals surface area contributed by atoms with Crippen LogP contribution in [0.4, 0.5) is 10.2 Å². The smallest absolute Gasteiger partial charge is 0.166 e. The summed E-state index contributed by atoms with van der Waals surface area (Å²) in [6.45, 7) is 1.92. The van der Waals surface area contributed by atoms with Gasteiger partial charge in [-0.15, -0.1) is 11.3 Å². The highest BCUT2D eigenvalue weighted by molar-refractivity contribution is 9.10. The number of hydrogen-bond donors (Lipinski definition) is 1. The van der Waals surface area contributed by atoms with Crippen LogP contribution in [0, 0.1) is 5.82 Å². The van der Waals surface area contributed by atoms with Crippen molar-refractivity contribution in [2.24, 2.45) is 0 Å². The molecule has 0 bridgehead atoms. The summed E-state index contributed by atoms with van der Waals surface area (Å²) >= 11 is 4.69. The quantitative estimate of drug-likeness (QED) is 0.941. The van der Waals surface area contributed by atoms with Gasteiger partial charge in [-0.05, 0) is 28.9 Å². The number of hydrogen-bond acceptors (Lipinski definition) is 4. The Morgan fingerprint density at radius 1 is 1.50 bits per heavy atom. The standard InChI is InChI=1S/C10H9BrFN3S/c1-6(10-13-2-3-16-10)15-9-8(12)4-7(11)5-14-9/h2-6H,1H3,(H,14,15). The SMILES string of the molecule is CC(Nc1ncc(Br)cc1F)c1nccs1. The van der Waals surface area contributed by atoms with Crippen molar-refractivity contribution in [2.45, 2.75) is 13.0 Å². The lowest BCUT2D eigenvalue weighted by Gasteiger charge is -2.12. The molecule has 0 saturated carbocycles. The Balaban J connectivity index is 2.15. The normalized spacial score (nSPS) is 12.4. The van der Waals surface area contributed by atoms with Crippen molar-refractivity contribution in [1.82, 2.24) is 9.97 Å². The molecule has 1 N–H and O–H groups in total. The fourth-order valence-electron chi connectivity index (χ4n) is 1.24. The molecule has 0 spiro atoms. The van der Waals surface area contributed by atoms with Crippen LogP contribution in [0.25, 0.3) is 0 Å². The summed E-state index contributed by atoms with van der Waals surface area (Å²) in [6.07, 6.45) is 3.28. The fourth-order valence-corrected chi connectivity index (χ4v) is 2.19. The molecular formula is C10H9BrFN3S. The third-order valence-corrected chi connectivity index (χ3v) is 3.37. The van der Waals surface area contributed by atoms with E-state index >= 15 is 0 Å². The first-order chi connectivity index (χ1) is 7.66. The van der Waals surface area contributed by atoms with Crippen LogP contribution in [0.2, 0.25) is 0 Å². The van der Waals surface area contributed by atoms with Crippen LogP contribution in [0.3, 0.4) is 0 Å². The molecule has 2 aromatic heterocycles. The van der Waals surface area contributed by atoms with Crippen LogP contribution >= 0.6 is 27.3 Å². The molecule has 0 aliphatic heterocycles. The largest absolute Gasteiger partial charge is 0.359 e. The van der Waals surface area contributed by atoms with Gasteiger partial charge in [0, 0.05) is 22.2 Å². The highest BCUT2D eigenvalue weighted by atomic mass is 79.9. The van der Waals surface area contributed by atoms with Crippen molar-refractivity contribution >= 4 is 33.1 Å². The third-order valence-electron chi connectivity index (χ3n) is 1.98. The van der Waals surface area contributed by atoms with E-state index in [0.29, 0.717) is 4.47 Å². The van der Waals surface area contributed by atoms with Gasteiger partial charge in [-0.2, -0.15) is 0 Å². The molecule has 0 aliphatic carbocycles. The molecule has 16 heavy (non-hydrogen) atoms. The molecule has 0 aromatic carbocycles. The Hall–Kier alpha value is -1.01. The highest BCUT2D eigenvalue weighted by Crippen LogP contribution is 2.22. The van der Waals surface area contributed by atoms with Crippen LogP contribution < -0.4 is 5.32 Å². The van der Waals surface area contributed by atoms with Gasteiger partial charge in [-0.3, -0.25) is 0 Å². The lowest BCUT2D eigenvalue weighted by molar-refractivity contribution is 0.620. The first kappa shape index (κ1) is 11.5. The minimum absolute atomic E-state index is 0.0526. The van der Waals surface area contributed by atoms with Crippen molar-refractivity contribution in [1.29, 1.82) is 0 Å². The van der Waals surface area contributed by atoms with Crippen molar-refractivity contribution < 1.29 is 4.39 Å². The van der Waals surface area contributed by atoms with Gasteiger partial charge < -0.3 is 5.32 Å². The maximum Gasteiger partial charge on any atom is 0.166 e. The number of pyridine rings is 1. The van der Waals surface area contributed by atoms with Gasteiger partial charge in [0.25, 0.3) is 0 Å². The molecule has 0 fully saturated rings. The lowest BCUT2D eigenvalue weighted by atomic mass is 10.3. The molecule has 0 amide bonds. The van der Waals surface area contributed by atoms with Gasteiger partial charge in [-0.1, -0.05) is 0 Å². The molecule has 0 saturated heterocycles. The van der Waals surface area contributed by atoms with Crippen LogP contribution in [-0.2, 0) is 0 Å². The van der Waals surface area contributed by atoms with E-state index in [2.05, 4.69) is 31.2 Å². The van der Waals surface area contributed by atoms with E-state index in [0.717, 1.165) is 5.01 Å². The molecule has 0 radical (unpaired) electrons. The number of aromatic nitrogens is 2. The summed E-state index contributed by atoms with van der Waals surface area (Å²) in [6, 6.07) is 1.33.